The topological polar surface area (TPSA) is 32.7 Å². The summed E-state index contributed by atoms with van der Waals surface area (Å²) in [6, 6.07) is 0. The van der Waals surface area contributed by atoms with Crippen LogP contribution in [0.25, 0.3) is 0 Å². The Morgan fingerprint density at radius 1 is 1.16 bits per heavy atom. The molecule has 0 radical (unpaired) electrons. The van der Waals surface area contributed by atoms with Gasteiger partial charge in [0.2, 0.25) is 0 Å². The third-order valence-corrected chi connectivity index (χ3v) is 5.10. The molecule has 0 aromatic heterocycles. The van der Waals surface area contributed by atoms with E-state index in [1.54, 1.807) is 0 Å². The van der Waals surface area contributed by atoms with Gasteiger partial charge in [0.25, 0.3) is 0 Å². The minimum absolute atomic E-state index is 0.0996. The van der Waals surface area contributed by atoms with Crippen LogP contribution in [0.5, 0.6) is 0 Å². The zero-order valence-corrected chi connectivity index (χ0v) is 12.9. The van der Waals surface area contributed by atoms with Crippen LogP contribution in [0, 0.1) is 17.3 Å². The van der Waals surface area contributed by atoms with Gasteiger partial charge in [0, 0.05) is 26.3 Å². The van der Waals surface area contributed by atoms with Crippen molar-refractivity contribution < 1.29 is 9.84 Å². The number of rotatable bonds is 4. The van der Waals surface area contributed by atoms with Gasteiger partial charge in [-0.2, -0.15) is 0 Å². The summed E-state index contributed by atoms with van der Waals surface area (Å²) in [5.41, 5.74) is 0.0996. The van der Waals surface area contributed by atoms with Crippen molar-refractivity contribution in [2.45, 2.75) is 52.1 Å². The van der Waals surface area contributed by atoms with Crippen molar-refractivity contribution >= 4 is 0 Å². The van der Waals surface area contributed by atoms with E-state index in [1.807, 2.05) is 0 Å². The largest absolute Gasteiger partial charge is 0.392 e. The molecule has 1 N–H and O–H groups in total. The monoisotopic (exact) mass is 269 g/mol. The van der Waals surface area contributed by atoms with Crippen molar-refractivity contribution in [1.29, 1.82) is 0 Å². The first-order valence-corrected chi connectivity index (χ1v) is 7.93. The van der Waals surface area contributed by atoms with Gasteiger partial charge >= 0.3 is 0 Å². The number of nitrogens with zero attached hydrogens (tertiary/aromatic N) is 1. The Hall–Kier alpha value is -0.120. The molecular formula is C16H31NO2. The fourth-order valence-corrected chi connectivity index (χ4v) is 3.80. The molecule has 1 saturated heterocycles. The SMILES string of the molecule is CN(CC1CCOCC1)CC1CCCC(C)(C)C1O. The minimum Gasteiger partial charge on any atom is -0.392 e. The predicted molar refractivity (Wildman–Crippen MR) is 78.2 cm³/mol. The normalized spacial score (nSPS) is 32.7. The van der Waals surface area contributed by atoms with E-state index in [0.717, 1.165) is 38.6 Å². The molecule has 112 valence electrons. The minimum atomic E-state index is -0.140. The van der Waals surface area contributed by atoms with Crippen LogP contribution >= 0.6 is 0 Å². The summed E-state index contributed by atoms with van der Waals surface area (Å²) in [5, 5.41) is 10.5. The third kappa shape index (κ3) is 4.17. The number of hydrogen-bond donors (Lipinski definition) is 1. The van der Waals surface area contributed by atoms with Crippen molar-refractivity contribution in [2.75, 3.05) is 33.4 Å². The van der Waals surface area contributed by atoms with Gasteiger partial charge in [-0.15, -0.1) is 0 Å². The van der Waals surface area contributed by atoms with Crippen LogP contribution in [0.15, 0.2) is 0 Å². The molecule has 2 unspecified atom stereocenters. The first kappa shape index (κ1) is 15.3. The molecule has 3 heteroatoms. The summed E-state index contributed by atoms with van der Waals surface area (Å²) in [7, 11) is 2.21. The first-order valence-electron chi connectivity index (χ1n) is 7.93. The summed E-state index contributed by atoms with van der Waals surface area (Å²) in [5.74, 6) is 1.24. The lowest BCUT2D eigenvalue weighted by atomic mass is 9.69. The number of aliphatic hydroxyl groups excluding tert-OH is 1. The standard InChI is InChI=1S/C16H31NO2/c1-16(2)8-4-5-14(15(16)18)12-17(3)11-13-6-9-19-10-7-13/h13-15,18H,4-12H2,1-3H3. The molecule has 0 spiro atoms. The van der Waals surface area contributed by atoms with Crippen LogP contribution in [0.4, 0.5) is 0 Å². The van der Waals surface area contributed by atoms with Gasteiger partial charge in [0.15, 0.2) is 0 Å². The second-order valence-electron chi connectivity index (χ2n) is 7.36. The Labute approximate surface area is 118 Å². The summed E-state index contributed by atoms with van der Waals surface area (Å²) >= 11 is 0. The van der Waals surface area contributed by atoms with Crippen LogP contribution in [-0.2, 0) is 4.74 Å². The number of ether oxygens (including phenoxy) is 1. The van der Waals surface area contributed by atoms with Crippen LogP contribution in [-0.4, -0.2) is 49.5 Å². The van der Waals surface area contributed by atoms with Crippen LogP contribution < -0.4 is 0 Å². The zero-order chi connectivity index (χ0) is 13.9. The van der Waals surface area contributed by atoms with Gasteiger partial charge in [-0.1, -0.05) is 20.3 Å². The molecule has 2 atom stereocenters. The van der Waals surface area contributed by atoms with E-state index in [2.05, 4.69) is 25.8 Å². The molecule has 0 aromatic rings. The molecule has 2 aliphatic rings. The Bertz CT molecular complexity index is 274. The second-order valence-corrected chi connectivity index (χ2v) is 7.36. The first-order chi connectivity index (χ1) is 8.99. The molecule has 0 bridgehead atoms. The van der Waals surface area contributed by atoms with E-state index in [4.69, 9.17) is 4.74 Å². The molecule has 1 aliphatic carbocycles. The lowest BCUT2D eigenvalue weighted by molar-refractivity contribution is -0.0432. The number of aliphatic hydroxyl groups is 1. The van der Waals surface area contributed by atoms with Crippen LogP contribution in [0.3, 0.4) is 0 Å². The van der Waals surface area contributed by atoms with E-state index in [1.165, 1.54) is 25.7 Å². The van der Waals surface area contributed by atoms with Crippen molar-refractivity contribution in [3.63, 3.8) is 0 Å². The molecule has 19 heavy (non-hydrogen) atoms. The molecule has 2 fully saturated rings. The van der Waals surface area contributed by atoms with Crippen LogP contribution in [0.2, 0.25) is 0 Å². The lowest BCUT2D eigenvalue weighted by Crippen LogP contribution is -2.45. The van der Waals surface area contributed by atoms with Gasteiger partial charge in [0.05, 0.1) is 6.10 Å². The van der Waals surface area contributed by atoms with E-state index in [-0.39, 0.29) is 11.5 Å². The highest BCUT2D eigenvalue weighted by molar-refractivity contribution is 4.89. The molecule has 1 aliphatic heterocycles. The van der Waals surface area contributed by atoms with Crippen LogP contribution in [0.1, 0.15) is 46.0 Å². The maximum absolute atomic E-state index is 10.5. The average molecular weight is 269 g/mol. The quantitative estimate of drug-likeness (QED) is 0.851. The van der Waals surface area contributed by atoms with Crippen molar-refractivity contribution in [3.8, 4) is 0 Å². The van der Waals surface area contributed by atoms with E-state index in [0.29, 0.717) is 5.92 Å². The Balaban J connectivity index is 1.79. The summed E-state index contributed by atoms with van der Waals surface area (Å²) < 4.78 is 5.42. The molecule has 2 rings (SSSR count). The smallest absolute Gasteiger partial charge is 0.0631 e. The maximum atomic E-state index is 10.5. The van der Waals surface area contributed by atoms with Gasteiger partial charge in [0.1, 0.15) is 0 Å². The summed E-state index contributed by atoms with van der Waals surface area (Å²) in [6.45, 7) is 8.48. The fraction of sp³-hybridized carbons (Fsp3) is 1.00. The highest BCUT2D eigenvalue weighted by Gasteiger charge is 2.38. The second kappa shape index (κ2) is 6.55. The van der Waals surface area contributed by atoms with E-state index >= 15 is 0 Å². The average Bonchev–Trinajstić information content (AvgIpc) is 2.36. The lowest BCUT2D eigenvalue weighted by Gasteiger charge is -2.42. The van der Waals surface area contributed by atoms with Crippen molar-refractivity contribution in [2.24, 2.45) is 17.3 Å². The molecule has 0 aromatic carbocycles. The predicted octanol–water partition coefficient (Wildman–Crippen LogP) is 2.53. The molecule has 0 amide bonds. The highest BCUT2D eigenvalue weighted by atomic mass is 16.5. The van der Waals surface area contributed by atoms with Gasteiger partial charge in [-0.05, 0) is 50.0 Å². The van der Waals surface area contributed by atoms with E-state index < -0.39 is 0 Å². The fourth-order valence-electron chi connectivity index (χ4n) is 3.80. The Morgan fingerprint density at radius 3 is 2.53 bits per heavy atom. The van der Waals surface area contributed by atoms with Gasteiger partial charge in [-0.3, -0.25) is 0 Å². The van der Waals surface area contributed by atoms with Crippen molar-refractivity contribution in [3.05, 3.63) is 0 Å². The molecule has 1 saturated carbocycles. The highest BCUT2D eigenvalue weighted by Crippen LogP contribution is 2.39. The molecular weight excluding hydrogens is 238 g/mol. The summed E-state index contributed by atoms with van der Waals surface area (Å²) in [4.78, 5) is 2.44. The third-order valence-electron chi connectivity index (χ3n) is 5.10. The molecule has 3 nitrogen and oxygen atoms in total. The van der Waals surface area contributed by atoms with Gasteiger partial charge < -0.3 is 14.7 Å². The Morgan fingerprint density at radius 2 is 1.84 bits per heavy atom. The Kier molecular flexibility index (Phi) is 5.27. The number of hydrogen-bond acceptors (Lipinski definition) is 3. The zero-order valence-electron chi connectivity index (χ0n) is 12.9. The van der Waals surface area contributed by atoms with E-state index in [9.17, 15) is 5.11 Å². The maximum Gasteiger partial charge on any atom is 0.0631 e. The molecule has 1 heterocycles. The van der Waals surface area contributed by atoms with Gasteiger partial charge in [-0.25, -0.2) is 0 Å². The summed E-state index contributed by atoms with van der Waals surface area (Å²) in [6.07, 6.45) is 5.86. The van der Waals surface area contributed by atoms with Crippen molar-refractivity contribution in [1.82, 2.24) is 4.90 Å².